The van der Waals surface area contributed by atoms with E-state index in [4.69, 9.17) is 23.5 Å². The van der Waals surface area contributed by atoms with Crippen LogP contribution in [0.5, 0.6) is 23.0 Å². The Morgan fingerprint density at radius 3 is 2.00 bits per heavy atom. The molecule has 0 aliphatic carbocycles. The quantitative estimate of drug-likeness (QED) is 0.679. The lowest BCUT2D eigenvalue weighted by molar-refractivity contribution is 0.348. The number of ether oxygens (including phenoxy) is 4. The first-order valence-corrected chi connectivity index (χ1v) is 7.48. The maximum absolute atomic E-state index is 5.41. The molecule has 0 N–H and O–H groups in total. The van der Waals surface area contributed by atoms with Gasteiger partial charge in [-0.2, -0.15) is 4.98 Å². The molecule has 0 saturated heterocycles. The second kappa shape index (κ2) is 7.12. The third kappa shape index (κ3) is 3.21. The van der Waals surface area contributed by atoms with E-state index in [1.165, 1.54) is 0 Å². The van der Waals surface area contributed by atoms with Gasteiger partial charge in [0.1, 0.15) is 11.5 Å². The number of methoxy groups -OCH3 is 4. The highest BCUT2D eigenvalue weighted by Crippen LogP contribution is 2.39. The van der Waals surface area contributed by atoms with Crippen LogP contribution in [0, 0.1) is 0 Å². The van der Waals surface area contributed by atoms with Crippen LogP contribution in [-0.4, -0.2) is 38.6 Å². The summed E-state index contributed by atoms with van der Waals surface area (Å²) in [6, 6.07) is 10.8. The molecule has 0 aliphatic rings. The zero-order chi connectivity index (χ0) is 17.8. The average molecular weight is 342 g/mol. The van der Waals surface area contributed by atoms with Crippen molar-refractivity contribution in [1.29, 1.82) is 0 Å². The third-order valence-corrected chi connectivity index (χ3v) is 3.71. The van der Waals surface area contributed by atoms with E-state index in [9.17, 15) is 0 Å². The molecule has 7 nitrogen and oxygen atoms in total. The normalized spacial score (nSPS) is 10.4. The molecule has 0 saturated carbocycles. The molecule has 3 rings (SSSR count). The molecule has 7 heteroatoms. The molecule has 3 aromatic rings. The Kier molecular flexibility index (Phi) is 4.74. The van der Waals surface area contributed by atoms with Crippen molar-refractivity contribution in [3.63, 3.8) is 0 Å². The van der Waals surface area contributed by atoms with E-state index in [1.54, 1.807) is 40.6 Å². The fraction of sp³-hybridized carbons (Fsp3) is 0.222. The van der Waals surface area contributed by atoms with Gasteiger partial charge in [-0.15, -0.1) is 0 Å². The topological polar surface area (TPSA) is 75.8 Å². The smallest absolute Gasteiger partial charge is 0.262 e. The second-order valence-corrected chi connectivity index (χ2v) is 5.06. The Morgan fingerprint density at radius 2 is 1.40 bits per heavy atom. The summed E-state index contributed by atoms with van der Waals surface area (Å²) in [7, 11) is 6.30. The molecule has 25 heavy (non-hydrogen) atoms. The van der Waals surface area contributed by atoms with Gasteiger partial charge in [-0.1, -0.05) is 5.16 Å². The predicted octanol–water partition coefficient (Wildman–Crippen LogP) is 3.44. The van der Waals surface area contributed by atoms with Gasteiger partial charge in [0.25, 0.3) is 5.89 Å². The van der Waals surface area contributed by atoms with Crippen molar-refractivity contribution >= 4 is 0 Å². The number of rotatable bonds is 6. The van der Waals surface area contributed by atoms with Gasteiger partial charge in [0.15, 0.2) is 11.5 Å². The molecule has 2 aromatic carbocycles. The van der Waals surface area contributed by atoms with Crippen LogP contribution in [0.15, 0.2) is 40.9 Å². The third-order valence-electron chi connectivity index (χ3n) is 3.71. The maximum atomic E-state index is 5.41. The Labute approximate surface area is 145 Å². The van der Waals surface area contributed by atoms with E-state index in [0.29, 0.717) is 34.5 Å². The van der Waals surface area contributed by atoms with E-state index >= 15 is 0 Å². The van der Waals surface area contributed by atoms with Crippen molar-refractivity contribution in [1.82, 2.24) is 10.1 Å². The summed E-state index contributed by atoms with van der Waals surface area (Å²) in [6.07, 6.45) is 0. The number of benzene rings is 2. The van der Waals surface area contributed by atoms with Crippen LogP contribution < -0.4 is 18.9 Å². The molecule has 0 unspecified atom stereocenters. The molecule has 0 radical (unpaired) electrons. The van der Waals surface area contributed by atoms with Crippen LogP contribution in [0.25, 0.3) is 22.8 Å². The Morgan fingerprint density at radius 1 is 0.760 bits per heavy atom. The lowest BCUT2D eigenvalue weighted by Gasteiger charge is -2.11. The molecule has 0 fully saturated rings. The van der Waals surface area contributed by atoms with E-state index in [2.05, 4.69) is 10.1 Å². The molecule has 0 atom stereocenters. The number of hydrogen-bond donors (Lipinski definition) is 0. The summed E-state index contributed by atoms with van der Waals surface area (Å²) in [5, 5.41) is 4.04. The van der Waals surface area contributed by atoms with Crippen molar-refractivity contribution in [2.45, 2.75) is 0 Å². The second-order valence-electron chi connectivity index (χ2n) is 5.06. The van der Waals surface area contributed by atoms with Crippen LogP contribution in [0.1, 0.15) is 0 Å². The van der Waals surface area contributed by atoms with Gasteiger partial charge in [0.2, 0.25) is 5.82 Å². The minimum absolute atomic E-state index is 0.323. The Balaban J connectivity index is 2.01. The summed E-state index contributed by atoms with van der Waals surface area (Å²) in [6.45, 7) is 0. The van der Waals surface area contributed by atoms with Gasteiger partial charge >= 0.3 is 0 Å². The molecule has 1 heterocycles. The van der Waals surface area contributed by atoms with Crippen molar-refractivity contribution in [3.05, 3.63) is 36.4 Å². The highest BCUT2D eigenvalue weighted by atomic mass is 16.5. The fourth-order valence-electron chi connectivity index (χ4n) is 2.39. The minimum atomic E-state index is 0.323. The predicted molar refractivity (Wildman–Crippen MR) is 91.4 cm³/mol. The molecule has 0 aliphatic heterocycles. The van der Waals surface area contributed by atoms with Gasteiger partial charge in [0.05, 0.1) is 34.0 Å². The lowest BCUT2D eigenvalue weighted by atomic mass is 10.1. The first-order valence-electron chi connectivity index (χ1n) is 7.48. The minimum Gasteiger partial charge on any atom is -0.497 e. The van der Waals surface area contributed by atoms with Crippen molar-refractivity contribution < 1.29 is 23.5 Å². The van der Waals surface area contributed by atoms with Gasteiger partial charge in [-0.3, -0.25) is 0 Å². The summed E-state index contributed by atoms with van der Waals surface area (Å²) in [5.41, 5.74) is 1.43. The summed E-state index contributed by atoms with van der Waals surface area (Å²) in [5.74, 6) is 3.19. The zero-order valence-electron chi connectivity index (χ0n) is 14.4. The first-order chi connectivity index (χ1) is 12.2. The van der Waals surface area contributed by atoms with E-state index < -0.39 is 0 Å². The first kappa shape index (κ1) is 16.6. The molecular weight excluding hydrogens is 324 g/mol. The SMILES string of the molecule is COc1ccc(-c2noc(-c3cc(OC)c(OC)cc3OC)n2)cc1. The Bertz CT molecular complexity index is 858. The van der Waals surface area contributed by atoms with Crippen LogP contribution in [-0.2, 0) is 0 Å². The molecule has 0 bridgehead atoms. The Hall–Kier alpha value is -3.22. The van der Waals surface area contributed by atoms with E-state index in [0.717, 1.165) is 11.3 Å². The van der Waals surface area contributed by atoms with Gasteiger partial charge < -0.3 is 23.5 Å². The summed E-state index contributed by atoms with van der Waals surface area (Å²) >= 11 is 0. The maximum Gasteiger partial charge on any atom is 0.262 e. The molecule has 130 valence electrons. The molecule has 0 amide bonds. The van der Waals surface area contributed by atoms with Crippen LogP contribution in [0.4, 0.5) is 0 Å². The molecule has 1 aromatic heterocycles. The van der Waals surface area contributed by atoms with Gasteiger partial charge in [-0.25, -0.2) is 0 Å². The zero-order valence-corrected chi connectivity index (χ0v) is 14.4. The van der Waals surface area contributed by atoms with E-state index in [1.807, 2.05) is 24.3 Å². The highest BCUT2D eigenvalue weighted by molar-refractivity contribution is 5.70. The monoisotopic (exact) mass is 342 g/mol. The van der Waals surface area contributed by atoms with E-state index in [-0.39, 0.29) is 0 Å². The van der Waals surface area contributed by atoms with Crippen LogP contribution >= 0.6 is 0 Å². The van der Waals surface area contributed by atoms with Crippen LogP contribution in [0.2, 0.25) is 0 Å². The van der Waals surface area contributed by atoms with Crippen molar-refractivity contribution in [2.75, 3.05) is 28.4 Å². The van der Waals surface area contributed by atoms with Crippen molar-refractivity contribution in [2.24, 2.45) is 0 Å². The van der Waals surface area contributed by atoms with Gasteiger partial charge in [0, 0.05) is 17.7 Å². The number of aromatic nitrogens is 2. The summed E-state index contributed by atoms with van der Waals surface area (Å²) in [4.78, 5) is 4.45. The van der Waals surface area contributed by atoms with Gasteiger partial charge in [-0.05, 0) is 24.3 Å². The largest absolute Gasteiger partial charge is 0.497 e. The number of hydrogen-bond acceptors (Lipinski definition) is 7. The molecular formula is C18H18N2O5. The fourth-order valence-corrected chi connectivity index (χ4v) is 2.39. The summed E-state index contributed by atoms with van der Waals surface area (Å²) < 4.78 is 26.6. The van der Waals surface area contributed by atoms with Crippen molar-refractivity contribution in [3.8, 4) is 45.8 Å². The average Bonchev–Trinajstić information content (AvgIpc) is 3.16. The lowest BCUT2D eigenvalue weighted by Crippen LogP contribution is -1.95. The highest BCUT2D eigenvalue weighted by Gasteiger charge is 2.19. The molecule has 0 spiro atoms. The van der Waals surface area contributed by atoms with Crippen LogP contribution in [0.3, 0.4) is 0 Å². The number of nitrogens with zero attached hydrogens (tertiary/aromatic N) is 2. The standard InChI is InChI=1S/C18H18N2O5/c1-21-12-7-5-11(6-8-12)17-19-18(25-20-17)13-9-15(23-3)16(24-4)10-14(13)22-2/h5-10H,1-4H3.